The van der Waals surface area contributed by atoms with E-state index >= 15 is 0 Å². The first-order valence-corrected chi connectivity index (χ1v) is 5.14. The van der Waals surface area contributed by atoms with Crippen LogP contribution in [0.2, 0.25) is 5.02 Å². The van der Waals surface area contributed by atoms with Gasteiger partial charge in [0.1, 0.15) is 5.52 Å². The summed E-state index contributed by atoms with van der Waals surface area (Å²) < 4.78 is 1.55. The Kier molecular flexibility index (Phi) is 2.14. The monoisotopic (exact) mass is 308 g/mol. The quantitative estimate of drug-likeness (QED) is 0.789. The van der Waals surface area contributed by atoms with Gasteiger partial charge in [-0.25, -0.2) is 4.98 Å². The SMILES string of the molecule is Clc1c(Br)ccc2[nH]c(Br)nc12. The zero-order valence-electron chi connectivity index (χ0n) is 5.74. The third-order valence-electron chi connectivity index (χ3n) is 1.52. The van der Waals surface area contributed by atoms with Crippen LogP contribution in [0.3, 0.4) is 0 Å². The molecule has 2 rings (SSSR count). The van der Waals surface area contributed by atoms with Crippen LogP contribution in [0.1, 0.15) is 0 Å². The van der Waals surface area contributed by atoms with Crippen molar-refractivity contribution in [2.45, 2.75) is 0 Å². The lowest BCUT2D eigenvalue weighted by Gasteiger charge is -1.94. The normalized spacial score (nSPS) is 10.9. The van der Waals surface area contributed by atoms with Crippen molar-refractivity contribution in [3.05, 3.63) is 26.4 Å². The van der Waals surface area contributed by atoms with Gasteiger partial charge in [-0.3, -0.25) is 0 Å². The Balaban J connectivity index is 2.89. The highest BCUT2D eigenvalue weighted by molar-refractivity contribution is 9.10. The fraction of sp³-hybridized carbons (Fsp3) is 0. The first-order chi connectivity index (χ1) is 5.68. The summed E-state index contributed by atoms with van der Waals surface area (Å²) in [5.41, 5.74) is 1.70. The minimum Gasteiger partial charge on any atom is -0.332 e. The third kappa shape index (κ3) is 1.28. The molecule has 0 aliphatic carbocycles. The van der Waals surface area contributed by atoms with Gasteiger partial charge in [0.15, 0.2) is 4.73 Å². The number of hydrogen-bond acceptors (Lipinski definition) is 1. The Morgan fingerprint density at radius 3 is 2.83 bits per heavy atom. The summed E-state index contributed by atoms with van der Waals surface area (Å²) in [6.07, 6.45) is 0. The number of nitrogens with zero attached hydrogens (tertiary/aromatic N) is 1. The van der Waals surface area contributed by atoms with E-state index in [9.17, 15) is 0 Å². The van der Waals surface area contributed by atoms with Crippen molar-refractivity contribution < 1.29 is 0 Å². The van der Waals surface area contributed by atoms with Gasteiger partial charge in [-0.15, -0.1) is 0 Å². The molecular weight excluding hydrogens is 307 g/mol. The van der Waals surface area contributed by atoms with Crippen LogP contribution in [0.15, 0.2) is 21.3 Å². The van der Waals surface area contributed by atoms with Gasteiger partial charge in [0.25, 0.3) is 0 Å². The summed E-state index contributed by atoms with van der Waals surface area (Å²) in [6.45, 7) is 0. The average Bonchev–Trinajstić information content (AvgIpc) is 2.39. The van der Waals surface area contributed by atoms with Gasteiger partial charge in [-0.1, -0.05) is 11.6 Å². The molecule has 0 radical (unpaired) electrons. The van der Waals surface area contributed by atoms with Crippen LogP contribution >= 0.6 is 43.5 Å². The van der Waals surface area contributed by atoms with E-state index in [0.717, 1.165) is 15.5 Å². The van der Waals surface area contributed by atoms with Crippen molar-refractivity contribution in [1.29, 1.82) is 0 Å². The Labute approximate surface area is 90.6 Å². The third-order valence-corrected chi connectivity index (χ3v) is 3.16. The van der Waals surface area contributed by atoms with E-state index in [4.69, 9.17) is 11.6 Å². The fourth-order valence-electron chi connectivity index (χ4n) is 0.987. The summed E-state index contributed by atoms with van der Waals surface area (Å²) in [5.74, 6) is 0. The van der Waals surface area contributed by atoms with Crippen LogP contribution in [0.4, 0.5) is 0 Å². The molecular formula is C7H3Br2ClN2. The molecule has 2 nitrogen and oxygen atoms in total. The van der Waals surface area contributed by atoms with Gasteiger partial charge in [0.2, 0.25) is 0 Å². The van der Waals surface area contributed by atoms with E-state index in [1.165, 1.54) is 0 Å². The van der Waals surface area contributed by atoms with Crippen molar-refractivity contribution in [2.24, 2.45) is 0 Å². The number of H-pyrrole nitrogens is 1. The number of fused-ring (bicyclic) bond motifs is 1. The molecule has 1 aromatic carbocycles. The predicted molar refractivity (Wildman–Crippen MR) is 56.5 cm³/mol. The molecule has 1 heterocycles. The maximum atomic E-state index is 5.99. The first kappa shape index (κ1) is 8.53. The van der Waals surface area contributed by atoms with Crippen LogP contribution in [-0.2, 0) is 0 Å². The average molecular weight is 310 g/mol. The molecule has 0 atom stereocenters. The Morgan fingerprint density at radius 2 is 2.08 bits per heavy atom. The van der Waals surface area contributed by atoms with E-state index in [2.05, 4.69) is 41.8 Å². The molecule has 62 valence electrons. The Hall–Kier alpha value is -0.0600. The molecule has 2 aromatic rings. The van der Waals surface area contributed by atoms with Gasteiger partial charge >= 0.3 is 0 Å². The highest BCUT2D eigenvalue weighted by Gasteiger charge is 2.06. The van der Waals surface area contributed by atoms with Crippen molar-refractivity contribution in [1.82, 2.24) is 9.97 Å². The molecule has 1 N–H and O–H groups in total. The number of hydrogen-bond donors (Lipinski definition) is 1. The number of aromatic amines is 1. The minimum atomic E-state index is 0.634. The molecule has 1 aromatic heterocycles. The lowest BCUT2D eigenvalue weighted by atomic mass is 10.3. The topological polar surface area (TPSA) is 28.7 Å². The molecule has 12 heavy (non-hydrogen) atoms. The molecule has 0 fully saturated rings. The van der Waals surface area contributed by atoms with E-state index in [-0.39, 0.29) is 0 Å². The molecule has 0 aliphatic rings. The zero-order valence-corrected chi connectivity index (χ0v) is 9.66. The number of nitrogens with one attached hydrogen (secondary N) is 1. The number of imidazole rings is 1. The molecule has 5 heteroatoms. The first-order valence-electron chi connectivity index (χ1n) is 3.17. The van der Waals surface area contributed by atoms with E-state index in [1.807, 2.05) is 12.1 Å². The van der Waals surface area contributed by atoms with Crippen LogP contribution < -0.4 is 0 Å². The minimum absolute atomic E-state index is 0.634. The maximum absolute atomic E-state index is 5.99. The van der Waals surface area contributed by atoms with Crippen LogP contribution in [0.25, 0.3) is 11.0 Å². The number of rotatable bonds is 0. The van der Waals surface area contributed by atoms with Crippen LogP contribution in [-0.4, -0.2) is 9.97 Å². The molecule has 0 amide bonds. The number of halogens is 3. The summed E-state index contributed by atoms with van der Waals surface area (Å²) in [5, 5.41) is 0.634. The van der Waals surface area contributed by atoms with Crippen LogP contribution in [0, 0.1) is 0 Å². The lowest BCUT2D eigenvalue weighted by Crippen LogP contribution is -1.72. The van der Waals surface area contributed by atoms with E-state index in [1.54, 1.807) is 0 Å². The number of benzene rings is 1. The maximum Gasteiger partial charge on any atom is 0.175 e. The second-order valence-corrected chi connectivity index (χ2v) is 4.27. The standard InChI is InChI=1S/C7H3Br2ClN2/c8-3-1-2-4-6(5(3)10)12-7(9)11-4/h1-2H,(H,11,12). The van der Waals surface area contributed by atoms with Gasteiger partial charge in [-0.2, -0.15) is 0 Å². The smallest absolute Gasteiger partial charge is 0.175 e. The molecule has 0 unspecified atom stereocenters. The van der Waals surface area contributed by atoms with Crippen molar-refractivity contribution in [3.8, 4) is 0 Å². The highest BCUT2D eigenvalue weighted by Crippen LogP contribution is 2.30. The molecule has 0 aliphatic heterocycles. The largest absolute Gasteiger partial charge is 0.332 e. The second kappa shape index (κ2) is 3.01. The lowest BCUT2D eigenvalue weighted by molar-refractivity contribution is 1.27. The summed E-state index contributed by atoms with van der Waals surface area (Å²) >= 11 is 12.6. The molecule has 0 spiro atoms. The van der Waals surface area contributed by atoms with Crippen molar-refractivity contribution in [3.63, 3.8) is 0 Å². The Bertz CT molecular complexity index is 438. The zero-order chi connectivity index (χ0) is 8.72. The van der Waals surface area contributed by atoms with E-state index < -0.39 is 0 Å². The van der Waals surface area contributed by atoms with Gasteiger partial charge < -0.3 is 4.98 Å². The predicted octanol–water partition coefficient (Wildman–Crippen LogP) is 3.74. The molecule has 0 bridgehead atoms. The molecule has 0 saturated heterocycles. The summed E-state index contributed by atoms with van der Waals surface area (Å²) in [7, 11) is 0. The highest BCUT2D eigenvalue weighted by atomic mass is 79.9. The Morgan fingerprint density at radius 1 is 1.33 bits per heavy atom. The van der Waals surface area contributed by atoms with Crippen LogP contribution in [0.5, 0.6) is 0 Å². The van der Waals surface area contributed by atoms with E-state index in [0.29, 0.717) is 9.76 Å². The summed E-state index contributed by atoms with van der Waals surface area (Å²) in [6, 6.07) is 3.80. The summed E-state index contributed by atoms with van der Waals surface area (Å²) in [4.78, 5) is 7.20. The van der Waals surface area contributed by atoms with Crippen molar-refractivity contribution in [2.75, 3.05) is 0 Å². The van der Waals surface area contributed by atoms with Crippen molar-refractivity contribution >= 4 is 54.5 Å². The molecule has 0 saturated carbocycles. The van der Waals surface area contributed by atoms with Gasteiger partial charge in [-0.05, 0) is 44.0 Å². The second-order valence-electron chi connectivity index (χ2n) is 2.29. The van der Waals surface area contributed by atoms with Gasteiger partial charge in [0, 0.05) is 4.47 Å². The number of aromatic nitrogens is 2. The fourth-order valence-corrected chi connectivity index (χ4v) is 1.91. The van der Waals surface area contributed by atoms with Gasteiger partial charge in [0.05, 0.1) is 10.5 Å².